The lowest BCUT2D eigenvalue weighted by Crippen LogP contribution is -2.37. The second-order valence-electron chi connectivity index (χ2n) is 5.61. The fourth-order valence-electron chi connectivity index (χ4n) is 2.70. The summed E-state index contributed by atoms with van der Waals surface area (Å²) in [5.41, 5.74) is 2.42. The summed E-state index contributed by atoms with van der Waals surface area (Å²) < 4.78 is 48.0. The van der Waals surface area contributed by atoms with Crippen LogP contribution in [-0.2, 0) is 27.7 Å². The summed E-state index contributed by atoms with van der Waals surface area (Å²) in [5, 5.41) is 2.75. The standard InChI is InChI=1S/C18H19F3N2O4/c1-23-14-7-4-3-6-12(14)13(9-10-22-16(24)18(19,20)21)15(23)8-5-11-27-17(25)26-2/h3-8H,9-11H2,1-2H3,(H,22,24)/b8-5+. The van der Waals surface area contributed by atoms with E-state index in [0.717, 1.165) is 22.2 Å². The number of carbonyl (C=O) groups is 2. The van der Waals surface area contributed by atoms with Gasteiger partial charge in [-0.1, -0.05) is 18.2 Å². The maximum Gasteiger partial charge on any atom is 0.508 e. The molecule has 0 atom stereocenters. The first-order valence-electron chi connectivity index (χ1n) is 8.04. The highest BCUT2D eigenvalue weighted by Crippen LogP contribution is 2.27. The molecule has 0 bridgehead atoms. The Hall–Kier alpha value is -2.97. The molecule has 0 aliphatic heterocycles. The third-order valence-electron chi connectivity index (χ3n) is 3.92. The van der Waals surface area contributed by atoms with Gasteiger partial charge < -0.3 is 19.4 Å². The normalized spacial score (nSPS) is 11.7. The second kappa shape index (κ2) is 8.61. The van der Waals surface area contributed by atoms with Crippen LogP contribution in [0.2, 0.25) is 0 Å². The van der Waals surface area contributed by atoms with Gasteiger partial charge in [0.05, 0.1) is 7.11 Å². The van der Waals surface area contributed by atoms with Gasteiger partial charge in [-0.15, -0.1) is 0 Å². The number of nitrogens with zero attached hydrogens (tertiary/aromatic N) is 1. The minimum absolute atomic E-state index is 0.0154. The zero-order valence-electron chi connectivity index (χ0n) is 14.8. The molecule has 27 heavy (non-hydrogen) atoms. The third kappa shape index (κ3) is 5.02. The topological polar surface area (TPSA) is 69.6 Å². The van der Waals surface area contributed by atoms with Crippen LogP contribution in [0.5, 0.6) is 0 Å². The van der Waals surface area contributed by atoms with Crippen molar-refractivity contribution >= 4 is 29.0 Å². The lowest BCUT2D eigenvalue weighted by atomic mass is 10.1. The number of aryl methyl sites for hydroxylation is 1. The Balaban J connectivity index is 2.21. The maximum absolute atomic E-state index is 12.3. The van der Waals surface area contributed by atoms with Crippen LogP contribution in [0.4, 0.5) is 18.0 Å². The number of nitrogens with one attached hydrogen (secondary N) is 1. The number of aromatic nitrogens is 1. The summed E-state index contributed by atoms with van der Waals surface area (Å²) in [6, 6.07) is 7.42. The van der Waals surface area contributed by atoms with E-state index in [1.54, 1.807) is 12.2 Å². The van der Waals surface area contributed by atoms with Crippen molar-refractivity contribution in [3.8, 4) is 0 Å². The number of para-hydroxylation sites is 1. The molecule has 1 N–H and O–H groups in total. The number of halogens is 3. The molecule has 0 unspecified atom stereocenters. The molecule has 146 valence electrons. The maximum atomic E-state index is 12.3. The average molecular weight is 384 g/mol. The van der Waals surface area contributed by atoms with E-state index in [2.05, 4.69) is 4.74 Å². The van der Waals surface area contributed by atoms with E-state index >= 15 is 0 Å². The van der Waals surface area contributed by atoms with E-state index in [1.807, 2.05) is 41.2 Å². The van der Waals surface area contributed by atoms with Gasteiger partial charge in [-0.05, 0) is 30.2 Å². The van der Waals surface area contributed by atoms with Crippen molar-refractivity contribution in [3.63, 3.8) is 0 Å². The molecule has 9 heteroatoms. The van der Waals surface area contributed by atoms with Crippen LogP contribution in [0.1, 0.15) is 11.3 Å². The molecule has 0 spiro atoms. The molecule has 0 saturated heterocycles. The van der Waals surface area contributed by atoms with Crippen molar-refractivity contribution in [3.05, 3.63) is 41.6 Å². The third-order valence-corrected chi connectivity index (χ3v) is 3.92. The van der Waals surface area contributed by atoms with E-state index < -0.39 is 18.2 Å². The van der Waals surface area contributed by atoms with E-state index in [9.17, 15) is 22.8 Å². The number of hydrogen-bond acceptors (Lipinski definition) is 4. The molecule has 0 radical (unpaired) electrons. The van der Waals surface area contributed by atoms with Crippen LogP contribution in [-0.4, -0.2) is 43.1 Å². The molecule has 1 aromatic heterocycles. The van der Waals surface area contributed by atoms with Crippen molar-refractivity contribution < 1.29 is 32.2 Å². The number of carbonyl (C=O) groups excluding carboxylic acids is 2. The molecule has 0 aliphatic rings. The number of hydrogen-bond donors (Lipinski definition) is 1. The van der Waals surface area contributed by atoms with Gasteiger partial charge in [0, 0.05) is 30.2 Å². The van der Waals surface area contributed by atoms with Crippen molar-refractivity contribution in [1.29, 1.82) is 0 Å². The summed E-state index contributed by atoms with van der Waals surface area (Å²) in [5.74, 6) is -1.97. The predicted molar refractivity (Wildman–Crippen MR) is 93.1 cm³/mol. The monoisotopic (exact) mass is 384 g/mol. The Kier molecular flexibility index (Phi) is 6.49. The summed E-state index contributed by atoms with van der Waals surface area (Å²) in [6.45, 7) is -0.176. The highest BCUT2D eigenvalue weighted by Gasteiger charge is 2.38. The molecule has 6 nitrogen and oxygen atoms in total. The van der Waals surface area contributed by atoms with Crippen LogP contribution < -0.4 is 5.32 Å². The van der Waals surface area contributed by atoms with Gasteiger partial charge in [0.1, 0.15) is 6.61 Å². The number of ether oxygens (including phenoxy) is 2. The molecule has 0 saturated carbocycles. The SMILES string of the molecule is COC(=O)OC/C=C/c1c(CCNC(=O)C(F)(F)F)c2ccccc2n1C. The van der Waals surface area contributed by atoms with E-state index in [-0.39, 0.29) is 19.6 Å². The lowest BCUT2D eigenvalue weighted by molar-refractivity contribution is -0.173. The Morgan fingerprint density at radius 1 is 1.26 bits per heavy atom. The van der Waals surface area contributed by atoms with Crippen molar-refractivity contribution in [2.24, 2.45) is 7.05 Å². The molecular weight excluding hydrogens is 365 g/mol. The molecule has 0 aliphatic carbocycles. The van der Waals surface area contributed by atoms with Gasteiger partial charge in [0.25, 0.3) is 0 Å². The van der Waals surface area contributed by atoms with Crippen molar-refractivity contribution in [2.45, 2.75) is 12.6 Å². The van der Waals surface area contributed by atoms with Gasteiger partial charge in [-0.2, -0.15) is 13.2 Å². The van der Waals surface area contributed by atoms with E-state index in [1.165, 1.54) is 7.11 Å². The Morgan fingerprint density at radius 2 is 1.96 bits per heavy atom. The summed E-state index contributed by atoms with van der Waals surface area (Å²) in [4.78, 5) is 22.0. The number of methoxy groups -OCH3 is 1. The largest absolute Gasteiger partial charge is 0.508 e. The number of rotatable bonds is 6. The molecule has 0 fully saturated rings. The lowest BCUT2D eigenvalue weighted by Gasteiger charge is -2.08. The highest BCUT2D eigenvalue weighted by atomic mass is 19.4. The number of benzene rings is 1. The minimum Gasteiger partial charge on any atom is -0.438 e. The Bertz CT molecular complexity index is 856. The number of amides is 1. The van der Waals surface area contributed by atoms with Gasteiger partial charge in [0.15, 0.2) is 0 Å². The molecule has 1 heterocycles. The van der Waals surface area contributed by atoms with Crippen LogP contribution in [0.15, 0.2) is 30.3 Å². The minimum atomic E-state index is -4.91. The zero-order chi connectivity index (χ0) is 20.0. The van der Waals surface area contributed by atoms with E-state index in [0.29, 0.717) is 0 Å². The fourth-order valence-corrected chi connectivity index (χ4v) is 2.70. The van der Waals surface area contributed by atoms with Crippen molar-refractivity contribution in [2.75, 3.05) is 20.3 Å². The molecular formula is C18H19F3N2O4. The van der Waals surface area contributed by atoms with Gasteiger partial charge in [-0.25, -0.2) is 4.79 Å². The van der Waals surface area contributed by atoms with Crippen molar-refractivity contribution in [1.82, 2.24) is 9.88 Å². The summed E-state index contributed by atoms with van der Waals surface area (Å²) in [6.07, 6.45) is -2.20. The fraction of sp³-hybridized carbons (Fsp3) is 0.333. The smallest absolute Gasteiger partial charge is 0.438 e. The van der Waals surface area contributed by atoms with Crippen LogP contribution in [0.3, 0.4) is 0 Å². The number of fused-ring (bicyclic) bond motifs is 1. The number of alkyl halides is 3. The molecule has 2 aromatic rings. The summed E-state index contributed by atoms with van der Waals surface area (Å²) in [7, 11) is 3.02. The predicted octanol–water partition coefficient (Wildman–Crippen LogP) is 3.20. The highest BCUT2D eigenvalue weighted by molar-refractivity contribution is 5.88. The first-order chi connectivity index (χ1) is 12.8. The Morgan fingerprint density at radius 3 is 2.63 bits per heavy atom. The van der Waals surface area contributed by atoms with E-state index in [4.69, 9.17) is 4.74 Å². The van der Waals surface area contributed by atoms with Crippen LogP contribution >= 0.6 is 0 Å². The second-order valence-corrected chi connectivity index (χ2v) is 5.61. The average Bonchev–Trinajstić information content (AvgIpc) is 2.90. The van der Waals surface area contributed by atoms with Crippen LogP contribution in [0, 0.1) is 0 Å². The zero-order valence-corrected chi connectivity index (χ0v) is 14.8. The first-order valence-corrected chi connectivity index (χ1v) is 8.04. The molecule has 1 aromatic carbocycles. The first kappa shape index (κ1) is 20.3. The quantitative estimate of drug-likeness (QED) is 0.777. The van der Waals surface area contributed by atoms with Gasteiger partial charge >= 0.3 is 18.2 Å². The van der Waals surface area contributed by atoms with Gasteiger partial charge in [-0.3, -0.25) is 4.79 Å². The summed E-state index contributed by atoms with van der Waals surface area (Å²) >= 11 is 0. The van der Waals surface area contributed by atoms with Gasteiger partial charge in [0.2, 0.25) is 0 Å². The molecule has 1 amide bonds. The molecule has 2 rings (SSSR count). The van der Waals surface area contributed by atoms with Crippen LogP contribution in [0.25, 0.3) is 17.0 Å². The Labute approximate surface area is 153 Å².